The monoisotopic (exact) mass is 736 g/mol. The number of hydrogen-bond donors (Lipinski definition) is 1. The Morgan fingerprint density at radius 1 is 0.943 bits per heavy atom. The van der Waals surface area contributed by atoms with Gasteiger partial charge in [-0.25, -0.2) is 0 Å². The predicted molar refractivity (Wildman–Crippen MR) is 205 cm³/mol. The van der Waals surface area contributed by atoms with E-state index >= 15 is 4.79 Å². The van der Waals surface area contributed by atoms with Crippen LogP contribution in [-0.2, 0) is 37.7 Å². The van der Waals surface area contributed by atoms with Crippen molar-refractivity contribution in [3.8, 4) is 22.8 Å². The van der Waals surface area contributed by atoms with Gasteiger partial charge in [-0.2, -0.15) is 5.10 Å². The van der Waals surface area contributed by atoms with E-state index in [4.69, 9.17) is 9.47 Å². The van der Waals surface area contributed by atoms with Crippen LogP contribution in [-0.4, -0.2) is 87.1 Å². The number of amides is 2. The third-order valence-electron chi connectivity index (χ3n) is 10.7. The first kappa shape index (κ1) is 36.3. The van der Waals surface area contributed by atoms with Crippen LogP contribution < -0.4 is 9.64 Å². The van der Waals surface area contributed by atoms with Crippen molar-refractivity contribution in [1.82, 2.24) is 24.1 Å². The summed E-state index contributed by atoms with van der Waals surface area (Å²) in [4.78, 5) is 35.9. The zero-order valence-electron chi connectivity index (χ0n) is 30.1. The summed E-state index contributed by atoms with van der Waals surface area (Å²) in [5, 5.41) is 14.4. The van der Waals surface area contributed by atoms with Crippen molar-refractivity contribution in [2.24, 2.45) is 7.05 Å². The SMILES string of the molecule is COc1ccc(C(=O)N2Cc3ccccc3C[C@H]2CN2CCOCC2)c(-c2cc(C(=O)N(c3ccc(O)cc3)c3cnn(C)c3)c3n2CCCC3)c1.Cl. The predicted octanol–water partition coefficient (Wildman–Crippen LogP) is 6.24. The molecule has 3 aromatic carbocycles. The number of benzene rings is 3. The molecule has 0 saturated carbocycles. The molecule has 2 amide bonds. The molecule has 1 atom stereocenters. The summed E-state index contributed by atoms with van der Waals surface area (Å²) in [7, 11) is 3.45. The number of fused-ring (bicyclic) bond motifs is 2. The van der Waals surface area contributed by atoms with Gasteiger partial charge in [-0.1, -0.05) is 24.3 Å². The normalized spacial score (nSPS) is 17.0. The van der Waals surface area contributed by atoms with Crippen molar-refractivity contribution in [2.45, 2.75) is 44.8 Å². The van der Waals surface area contributed by atoms with Gasteiger partial charge in [0, 0.05) is 80.2 Å². The number of anilines is 2. The maximum atomic E-state index is 15.0. The summed E-state index contributed by atoms with van der Waals surface area (Å²) in [6.45, 7) is 5.12. The van der Waals surface area contributed by atoms with Gasteiger partial charge in [0.15, 0.2) is 0 Å². The fraction of sp³-hybridized carbons (Fsp3) is 0.341. The van der Waals surface area contributed by atoms with Gasteiger partial charge in [0.2, 0.25) is 0 Å². The highest BCUT2D eigenvalue weighted by atomic mass is 35.5. The average molecular weight is 737 g/mol. The minimum Gasteiger partial charge on any atom is -0.508 e. The Balaban J connectivity index is 0.00000435. The number of hydrogen-bond acceptors (Lipinski definition) is 7. The van der Waals surface area contributed by atoms with Crippen LogP contribution in [0.4, 0.5) is 11.4 Å². The van der Waals surface area contributed by atoms with Gasteiger partial charge in [-0.15, -0.1) is 12.4 Å². The first-order valence-electron chi connectivity index (χ1n) is 18.1. The molecular formula is C41H45ClN6O5. The van der Waals surface area contributed by atoms with E-state index in [0.717, 1.165) is 68.8 Å². The van der Waals surface area contributed by atoms with Gasteiger partial charge >= 0.3 is 0 Å². The molecule has 5 heterocycles. The number of carbonyl (C=O) groups excluding carboxylic acids is 2. The molecule has 11 nitrogen and oxygen atoms in total. The fourth-order valence-electron chi connectivity index (χ4n) is 7.99. The van der Waals surface area contributed by atoms with E-state index in [-0.39, 0.29) is 36.0 Å². The molecule has 0 aliphatic carbocycles. The minimum absolute atomic E-state index is 0. The van der Waals surface area contributed by atoms with Crippen LogP contribution in [0.5, 0.6) is 11.5 Å². The molecule has 12 heteroatoms. The molecule has 276 valence electrons. The molecule has 53 heavy (non-hydrogen) atoms. The molecule has 0 bridgehead atoms. The van der Waals surface area contributed by atoms with Crippen LogP contribution >= 0.6 is 12.4 Å². The van der Waals surface area contributed by atoms with Crippen LogP contribution in [0.25, 0.3) is 11.3 Å². The van der Waals surface area contributed by atoms with Crippen molar-refractivity contribution >= 4 is 35.6 Å². The molecule has 1 fully saturated rings. The molecule has 2 aromatic heterocycles. The lowest BCUT2D eigenvalue weighted by molar-refractivity contribution is 0.0193. The Morgan fingerprint density at radius 3 is 2.45 bits per heavy atom. The lowest BCUT2D eigenvalue weighted by Gasteiger charge is -2.40. The number of halogens is 1. The summed E-state index contributed by atoms with van der Waals surface area (Å²) in [6, 6.07) is 22.7. The number of rotatable bonds is 8. The minimum atomic E-state index is -0.204. The summed E-state index contributed by atoms with van der Waals surface area (Å²) in [5.74, 6) is 0.515. The largest absolute Gasteiger partial charge is 0.508 e. The summed E-state index contributed by atoms with van der Waals surface area (Å²) in [6.07, 6.45) is 6.90. The number of morpholine rings is 1. The Morgan fingerprint density at radius 2 is 1.72 bits per heavy atom. The number of aryl methyl sites for hydroxylation is 1. The molecule has 0 spiro atoms. The van der Waals surface area contributed by atoms with E-state index in [1.165, 1.54) is 11.1 Å². The second-order valence-electron chi connectivity index (χ2n) is 13.9. The highest BCUT2D eigenvalue weighted by Crippen LogP contribution is 2.38. The average Bonchev–Trinajstić information content (AvgIpc) is 3.79. The van der Waals surface area contributed by atoms with E-state index in [0.29, 0.717) is 48.0 Å². The Kier molecular flexibility index (Phi) is 10.6. The molecule has 3 aliphatic rings. The van der Waals surface area contributed by atoms with E-state index in [1.54, 1.807) is 53.4 Å². The smallest absolute Gasteiger partial charge is 0.264 e. The third-order valence-corrected chi connectivity index (χ3v) is 10.7. The molecule has 0 unspecified atom stereocenters. The Labute approximate surface area is 315 Å². The number of phenols is 1. The van der Waals surface area contributed by atoms with E-state index in [2.05, 4.69) is 32.8 Å². The highest BCUT2D eigenvalue weighted by molar-refractivity contribution is 6.12. The Bertz CT molecular complexity index is 2100. The van der Waals surface area contributed by atoms with Crippen LogP contribution in [0, 0.1) is 0 Å². The number of ether oxygens (including phenoxy) is 2. The second kappa shape index (κ2) is 15.5. The lowest BCUT2D eigenvalue weighted by Crippen LogP contribution is -2.52. The molecule has 3 aliphatic heterocycles. The highest BCUT2D eigenvalue weighted by Gasteiger charge is 2.35. The number of carbonyl (C=O) groups is 2. The molecule has 8 rings (SSSR count). The van der Waals surface area contributed by atoms with E-state index in [9.17, 15) is 9.90 Å². The van der Waals surface area contributed by atoms with Crippen molar-refractivity contribution < 1.29 is 24.2 Å². The lowest BCUT2D eigenvalue weighted by atomic mass is 9.92. The molecular weight excluding hydrogens is 692 g/mol. The standard InChI is InChI=1S/C41H44N6O5.ClH/c1-43-26-32(24-42-43)47(30-10-12-33(48)13-11-30)41(50)37-23-39(45-16-6-5-9-38(37)45)36-22-34(51-2)14-15-35(36)40(49)46-25-29-8-4-3-7-28(29)21-31(46)27-44-17-19-52-20-18-44;/h3-4,7-8,10-15,22-24,26,31,48H,5-6,9,16-21,25,27H2,1-2H3;1H/t31-;/m0./s1. The van der Waals surface area contributed by atoms with Gasteiger partial charge in [-0.3, -0.25) is 24.1 Å². The summed E-state index contributed by atoms with van der Waals surface area (Å²) >= 11 is 0. The van der Waals surface area contributed by atoms with Crippen LogP contribution in [0.3, 0.4) is 0 Å². The third kappa shape index (κ3) is 7.16. The first-order valence-corrected chi connectivity index (χ1v) is 18.1. The van der Waals surface area contributed by atoms with Gasteiger partial charge in [0.25, 0.3) is 11.8 Å². The van der Waals surface area contributed by atoms with Crippen molar-refractivity contribution in [2.75, 3.05) is 44.9 Å². The van der Waals surface area contributed by atoms with E-state index < -0.39 is 0 Å². The zero-order chi connectivity index (χ0) is 35.8. The molecule has 1 saturated heterocycles. The van der Waals surface area contributed by atoms with Gasteiger partial charge < -0.3 is 24.0 Å². The number of aromatic hydroxyl groups is 1. The number of nitrogens with zero attached hydrogens (tertiary/aromatic N) is 6. The fourth-order valence-corrected chi connectivity index (χ4v) is 7.99. The number of phenolic OH excluding ortho intramolecular Hbond substituents is 1. The quantitative estimate of drug-likeness (QED) is 0.201. The van der Waals surface area contributed by atoms with Crippen LogP contribution in [0.15, 0.2) is 85.2 Å². The second-order valence-corrected chi connectivity index (χ2v) is 13.9. The summed E-state index contributed by atoms with van der Waals surface area (Å²) in [5.41, 5.74) is 7.35. The molecule has 1 N–H and O–H groups in total. The topological polar surface area (TPSA) is 105 Å². The molecule has 0 radical (unpaired) electrons. The van der Waals surface area contributed by atoms with Gasteiger partial charge in [0.1, 0.15) is 11.5 Å². The van der Waals surface area contributed by atoms with Crippen molar-refractivity contribution in [3.05, 3.63) is 113 Å². The summed E-state index contributed by atoms with van der Waals surface area (Å²) < 4.78 is 15.2. The van der Waals surface area contributed by atoms with Gasteiger partial charge in [0.05, 0.1) is 37.8 Å². The zero-order valence-corrected chi connectivity index (χ0v) is 30.9. The number of methoxy groups -OCH3 is 1. The molecule has 5 aromatic rings. The van der Waals surface area contributed by atoms with Gasteiger partial charge in [-0.05, 0) is 85.3 Å². The maximum Gasteiger partial charge on any atom is 0.264 e. The maximum absolute atomic E-state index is 15.0. The van der Waals surface area contributed by atoms with Crippen molar-refractivity contribution in [3.63, 3.8) is 0 Å². The van der Waals surface area contributed by atoms with Crippen LogP contribution in [0.2, 0.25) is 0 Å². The van der Waals surface area contributed by atoms with Crippen molar-refractivity contribution in [1.29, 1.82) is 0 Å². The Hall–Kier alpha value is -5.10. The number of aromatic nitrogens is 3. The first-order chi connectivity index (χ1) is 25.4. The van der Waals surface area contributed by atoms with Crippen LogP contribution in [0.1, 0.15) is 50.4 Å². The van der Waals surface area contributed by atoms with E-state index in [1.807, 2.05) is 42.3 Å².